The zero-order chi connectivity index (χ0) is 27.3. The Hall–Kier alpha value is -0.473. The SMILES string of the molecule is CC(=O)O[C@@H]1C2[C@H]3OC(C)(C)O[C@@H]3C3C(CC[C@@]4(C)C3CC[C@@H]4O[Si](C)(C)C(C)(C)C)[C@@]2(C)CC[C@H]1O. The Morgan fingerprint density at radius 1 is 0.919 bits per heavy atom. The second-order valence-electron chi connectivity index (χ2n) is 15.6. The van der Waals surface area contributed by atoms with Crippen LogP contribution in [0.4, 0.5) is 0 Å². The summed E-state index contributed by atoms with van der Waals surface area (Å²) in [5, 5.41) is 11.2. The van der Waals surface area contributed by atoms with Gasteiger partial charge in [0, 0.05) is 12.8 Å². The van der Waals surface area contributed by atoms with Crippen LogP contribution in [0.15, 0.2) is 0 Å². The van der Waals surface area contributed by atoms with Crippen molar-refractivity contribution in [1.82, 2.24) is 0 Å². The third kappa shape index (κ3) is 4.29. The lowest BCUT2D eigenvalue weighted by Gasteiger charge is -2.64. The van der Waals surface area contributed by atoms with Crippen LogP contribution in [0.5, 0.6) is 0 Å². The third-order valence-electron chi connectivity index (χ3n) is 12.0. The molecule has 4 aliphatic carbocycles. The van der Waals surface area contributed by atoms with E-state index in [0.717, 1.165) is 25.7 Å². The average molecular weight is 537 g/mol. The Kier molecular flexibility index (Phi) is 6.65. The Bertz CT molecular complexity index is 912. The molecule has 37 heavy (non-hydrogen) atoms. The number of aliphatic hydroxyl groups is 1. The molecule has 4 saturated carbocycles. The van der Waals surface area contributed by atoms with Crippen LogP contribution in [0.25, 0.3) is 0 Å². The molecule has 212 valence electrons. The van der Waals surface area contributed by atoms with E-state index < -0.39 is 26.3 Å². The molecule has 6 nitrogen and oxygen atoms in total. The van der Waals surface area contributed by atoms with Crippen molar-refractivity contribution in [2.45, 2.75) is 148 Å². The standard InChI is InChI=1S/C30H52O6Si/c1-17(31)33-24-20(32)14-16-30(8)19-13-15-29(7)18(11-12-21(29)36-37(9,10)27(2,3)4)22(19)25-26(23(24)30)35-28(5,6)34-25/h18-26,32H,11-16H2,1-10H3/t18?,19?,20-,21+,22?,23?,24+,25-,26-,29+,30-/m1/s1. The van der Waals surface area contributed by atoms with Gasteiger partial charge < -0.3 is 23.7 Å². The van der Waals surface area contributed by atoms with Crippen molar-refractivity contribution in [2.75, 3.05) is 0 Å². The fourth-order valence-corrected chi connectivity index (χ4v) is 10.7. The van der Waals surface area contributed by atoms with Gasteiger partial charge in [0.05, 0.1) is 24.4 Å². The third-order valence-corrected chi connectivity index (χ3v) is 16.5. The topological polar surface area (TPSA) is 74.2 Å². The van der Waals surface area contributed by atoms with E-state index in [2.05, 4.69) is 47.7 Å². The molecule has 5 fully saturated rings. The van der Waals surface area contributed by atoms with E-state index in [9.17, 15) is 9.90 Å². The van der Waals surface area contributed by atoms with Gasteiger partial charge in [-0.3, -0.25) is 4.79 Å². The first kappa shape index (κ1) is 28.1. The van der Waals surface area contributed by atoms with E-state index in [1.807, 2.05) is 13.8 Å². The van der Waals surface area contributed by atoms with Crippen LogP contribution >= 0.6 is 0 Å². The van der Waals surface area contributed by atoms with Gasteiger partial charge >= 0.3 is 5.97 Å². The number of hydrogen-bond donors (Lipinski definition) is 1. The average Bonchev–Trinajstić information content (AvgIpc) is 3.24. The molecule has 1 saturated heterocycles. The molecule has 11 atom stereocenters. The van der Waals surface area contributed by atoms with Gasteiger partial charge in [-0.25, -0.2) is 0 Å². The highest BCUT2D eigenvalue weighted by molar-refractivity contribution is 6.74. The minimum Gasteiger partial charge on any atom is -0.459 e. The maximum absolute atomic E-state index is 12.1. The molecule has 5 aliphatic rings. The van der Waals surface area contributed by atoms with E-state index in [1.54, 1.807) is 0 Å². The molecule has 7 heteroatoms. The molecule has 1 N–H and O–H groups in total. The zero-order valence-corrected chi connectivity index (χ0v) is 25.9. The van der Waals surface area contributed by atoms with Gasteiger partial charge in [0.1, 0.15) is 6.10 Å². The lowest BCUT2D eigenvalue weighted by atomic mass is 9.43. The van der Waals surface area contributed by atoms with Gasteiger partial charge in [0.25, 0.3) is 0 Å². The maximum atomic E-state index is 12.1. The number of hydrogen-bond acceptors (Lipinski definition) is 6. The lowest BCUT2D eigenvalue weighted by molar-refractivity contribution is -0.233. The highest BCUT2D eigenvalue weighted by Crippen LogP contribution is 2.69. The molecule has 1 heterocycles. The molecular formula is C30H52O6Si. The van der Waals surface area contributed by atoms with Gasteiger partial charge in [-0.2, -0.15) is 0 Å². The van der Waals surface area contributed by atoms with Gasteiger partial charge in [0.15, 0.2) is 14.1 Å². The molecule has 0 aromatic heterocycles. The molecule has 0 spiro atoms. The quantitative estimate of drug-likeness (QED) is 0.349. The predicted molar refractivity (Wildman–Crippen MR) is 145 cm³/mol. The fourth-order valence-electron chi connectivity index (χ4n) is 9.24. The summed E-state index contributed by atoms with van der Waals surface area (Å²) >= 11 is 0. The van der Waals surface area contributed by atoms with E-state index in [4.69, 9.17) is 18.6 Å². The summed E-state index contributed by atoms with van der Waals surface area (Å²) in [6.07, 6.45) is 4.99. The summed E-state index contributed by atoms with van der Waals surface area (Å²) < 4.78 is 26.5. The van der Waals surface area contributed by atoms with Crippen molar-refractivity contribution in [3.63, 3.8) is 0 Å². The number of fused-ring (bicyclic) bond motifs is 8. The first-order valence-electron chi connectivity index (χ1n) is 14.8. The van der Waals surface area contributed by atoms with Crippen LogP contribution in [-0.4, -0.2) is 55.7 Å². The van der Waals surface area contributed by atoms with Crippen molar-refractivity contribution >= 4 is 14.3 Å². The van der Waals surface area contributed by atoms with Crippen molar-refractivity contribution in [3.8, 4) is 0 Å². The number of esters is 1. The highest BCUT2D eigenvalue weighted by atomic mass is 28.4. The Morgan fingerprint density at radius 2 is 1.51 bits per heavy atom. The second-order valence-corrected chi connectivity index (χ2v) is 20.3. The van der Waals surface area contributed by atoms with E-state index in [1.165, 1.54) is 13.3 Å². The summed E-state index contributed by atoms with van der Waals surface area (Å²) in [6.45, 7) is 22.1. The van der Waals surface area contributed by atoms with Crippen molar-refractivity contribution < 1.29 is 28.5 Å². The molecule has 1 aliphatic heterocycles. The van der Waals surface area contributed by atoms with E-state index in [-0.39, 0.29) is 40.0 Å². The Morgan fingerprint density at radius 3 is 2.14 bits per heavy atom. The first-order valence-corrected chi connectivity index (χ1v) is 17.7. The summed E-state index contributed by atoms with van der Waals surface area (Å²) in [5.74, 6) is 0.251. The maximum Gasteiger partial charge on any atom is 0.303 e. The lowest BCUT2D eigenvalue weighted by Crippen LogP contribution is -2.67. The van der Waals surface area contributed by atoms with Crippen molar-refractivity contribution in [3.05, 3.63) is 0 Å². The number of carbonyl (C=O) groups excluding carboxylic acids is 1. The van der Waals surface area contributed by atoms with Crippen molar-refractivity contribution in [1.29, 1.82) is 0 Å². The minimum absolute atomic E-state index is 0.0577. The highest BCUT2D eigenvalue weighted by Gasteiger charge is 2.71. The van der Waals surface area contributed by atoms with Crippen molar-refractivity contribution in [2.24, 2.45) is 34.5 Å². The molecule has 0 aromatic carbocycles. The van der Waals surface area contributed by atoms with Crippen LogP contribution in [0.2, 0.25) is 18.1 Å². The van der Waals surface area contributed by atoms with Crippen LogP contribution in [-0.2, 0) is 23.4 Å². The summed E-state index contributed by atoms with van der Waals surface area (Å²) in [6, 6.07) is 0. The molecule has 0 aromatic rings. The summed E-state index contributed by atoms with van der Waals surface area (Å²) in [5.41, 5.74) is 0.0542. The fraction of sp³-hybridized carbons (Fsp3) is 0.967. The van der Waals surface area contributed by atoms with Gasteiger partial charge in [-0.05, 0) is 99.1 Å². The smallest absolute Gasteiger partial charge is 0.303 e. The van der Waals surface area contributed by atoms with E-state index >= 15 is 0 Å². The molecule has 0 bridgehead atoms. The van der Waals surface area contributed by atoms with Crippen LogP contribution in [0, 0.1) is 34.5 Å². The monoisotopic (exact) mass is 536 g/mol. The van der Waals surface area contributed by atoms with Crippen LogP contribution in [0.3, 0.4) is 0 Å². The van der Waals surface area contributed by atoms with Gasteiger partial charge in [-0.1, -0.05) is 34.6 Å². The Balaban J connectivity index is 1.52. The molecule has 5 rings (SSSR count). The molecule has 4 unspecified atom stereocenters. The number of rotatable bonds is 3. The Labute approximate surface area is 225 Å². The normalized spacial score (nSPS) is 49.0. The minimum atomic E-state index is -1.89. The number of aliphatic hydroxyl groups excluding tert-OH is 1. The second kappa shape index (κ2) is 8.76. The molecule has 0 radical (unpaired) electrons. The van der Waals surface area contributed by atoms with Crippen LogP contribution in [0.1, 0.15) is 93.9 Å². The largest absolute Gasteiger partial charge is 0.459 e. The van der Waals surface area contributed by atoms with Gasteiger partial charge in [-0.15, -0.1) is 0 Å². The number of carbonyl (C=O) groups is 1. The molecular weight excluding hydrogens is 484 g/mol. The van der Waals surface area contributed by atoms with Gasteiger partial charge in [0.2, 0.25) is 0 Å². The predicted octanol–water partition coefficient (Wildman–Crippen LogP) is 6.06. The first-order chi connectivity index (χ1) is 16.9. The molecule has 0 amide bonds. The summed E-state index contributed by atoms with van der Waals surface area (Å²) in [7, 11) is -1.89. The zero-order valence-electron chi connectivity index (χ0n) is 24.9. The van der Waals surface area contributed by atoms with E-state index in [0.29, 0.717) is 30.3 Å². The summed E-state index contributed by atoms with van der Waals surface area (Å²) in [4.78, 5) is 12.1. The number of ether oxygens (including phenoxy) is 3. The van der Waals surface area contributed by atoms with Crippen LogP contribution < -0.4 is 0 Å².